The number of nitrogens with zero attached hydrogens (tertiary/aromatic N) is 3. The molecule has 0 unspecified atom stereocenters. The number of ether oxygens (including phenoxy) is 2. The third-order valence-corrected chi connectivity index (χ3v) is 6.97. The van der Waals surface area contributed by atoms with Crippen molar-refractivity contribution in [1.29, 1.82) is 5.26 Å². The predicted octanol–water partition coefficient (Wildman–Crippen LogP) is 3.31. The molecule has 1 amide bonds. The minimum atomic E-state index is -1.23. The van der Waals surface area contributed by atoms with Crippen LogP contribution in [0.3, 0.4) is 0 Å². The lowest BCUT2D eigenvalue weighted by molar-refractivity contribution is -0.139. The molecule has 0 bridgehead atoms. The number of hydrogen-bond donors (Lipinski definition) is 1. The Hall–Kier alpha value is -3.44. The zero-order chi connectivity index (χ0) is 23.3. The summed E-state index contributed by atoms with van der Waals surface area (Å²) in [5.74, 6) is -0.215. The second-order valence-corrected chi connectivity index (χ2v) is 8.81. The summed E-state index contributed by atoms with van der Waals surface area (Å²) in [4.78, 5) is 19.9. The van der Waals surface area contributed by atoms with Crippen molar-refractivity contribution in [3.05, 3.63) is 53.3 Å². The third kappa shape index (κ3) is 3.26. The van der Waals surface area contributed by atoms with Crippen LogP contribution in [0.5, 0.6) is 5.75 Å². The third-order valence-electron chi connectivity index (χ3n) is 6.97. The zero-order valence-corrected chi connectivity index (χ0v) is 18.5. The maximum atomic E-state index is 14.1. The molecule has 4 atom stereocenters. The lowest BCUT2D eigenvalue weighted by Crippen LogP contribution is -2.55. The summed E-state index contributed by atoms with van der Waals surface area (Å²) in [5.41, 5.74) is 6.96. The monoisotopic (exact) mass is 448 g/mol. The first-order chi connectivity index (χ1) is 15.9. The first kappa shape index (κ1) is 21.4. The molecular formula is C25H25FN4O3. The normalized spacial score (nSPS) is 28.1. The molecule has 33 heavy (non-hydrogen) atoms. The Balaban J connectivity index is 1.68. The average Bonchev–Trinajstić information content (AvgIpc) is 3.04. The summed E-state index contributed by atoms with van der Waals surface area (Å²) < 4.78 is 26.4. The molecule has 1 fully saturated rings. The number of aliphatic imine (C=N–C) groups is 1. The van der Waals surface area contributed by atoms with E-state index in [1.54, 1.807) is 19.2 Å². The largest absolute Gasteiger partial charge is 0.490 e. The molecule has 0 saturated heterocycles. The highest BCUT2D eigenvalue weighted by Crippen LogP contribution is 2.54. The number of guanidine groups is 1. The van der Waals surface area contributed by atoms with Crippen LogP contribution < -0.4 is 10.5 Å². The molecule has 7 nitrogen and oxygen atoms in total. The van der Waals surface area contributed by atoms with Gasteiger partial charge in [-0.25, -0.2) is 9.38 Å². The van der Waals surface area contributed by atoms with Gasteiger partial charge in [-0.1, -0.05) is 6.07 Å². The van der Waals surface area contributed by atoms with Crippen molar-refractivity contribution in [1.82, 2.24) is 4.90 Å². The Labute approximate surface area is 191 Å². The fourth-order valence-corrected chi connectivity index (χ4v) is 5.45. The van der Waals surface area contributed by atoms with Gasteiger partial charge in [0.25, 0.3) is 5.91 Å². The fraction of sp³-hybridized carbons (Fsp3) is 0.400. The molecule has 3 aliphatic rings. The van der Waals surface area contributed by atoms with E-state index in [1.807, 2.05) is 25.1 Å². The number of hydrogen-bond acceptors (Lipinski definition) is 6. The second-order valence-electron chi connectivity index (χ2n) is 8.81. The van der Waals surface area contributed by atoms with Crippen molar-refractivity contribution in [3.63, 3.8) is 0 Å². The lowest BCUT2D eigenvalue weighted by atomic mass is 9.66. The Morgan fingerprint density at radius 1 is 1.30 bits per heavy atom. The molecular weight excluding hydrogens is 423 g/mol. The molecule has 0 radical (unpaired) electrons. The van der Waals surface area contributed by atoms with E-state index in [4.69, 9.17) is 20.2 Å². The predicted molar refractivity (Wildman–Crippen MR) is 120 cm³/mol. The van der Waals surface area contributed by atoms with Crippen molar-refractivity contribution < 1.29 is 18.7 Å². The SMILES string of the molecule is CCO[C@@H]1CC[C@@H]2Oc3ccc(-c4cc(F)cc(C#N)c4)cc3[C@]3(N=C(N)N(C)C3=O)[C@H]2C1. The van der Waals surface area contributed by atoms with Gasteiger partial charge in [-0.15, -0.1) is 0 Å². The van der Waals surface area contributed by atoms with Crippen LogP contribution in [0.1, 0.15) is 37.3 Å². The average molecular weight is 448 g/mol. The van der Waals surface area contributed by atoms with Gasteiger partial charge in [0.1, 0.15) is 17.7 Å². The molecule has 1 aliphatic carbocycles. The maximum Gasteiger partial charge on any atom is 0.262 e. The minimum Gasteiger partial charge on any atom is -0.490 e. The molecule has 170 valence electrons. The molecule has 1 spiro atoms. The summed E-state index contributed by atoms with van der Waals surface area (Å²) >= 11 is 0. The van der Waals surface area contributed by atoms with Crippen LogP contribution in [-0.2, 0) is 15.1 Å². The number of fused-ring (bicyclic) bond motifs is 4. The van der Waals surface area contributed by atoms with E-state index in [9.17, 15) is 14.4 Å². The van der Waals surface area contributed by atoms with Crippen molar-refractivity contribution in [2.45, 2.75) is 43.9 Å². The number of nitrogens with two attached hydrogens (primary N) is 1. The number of carbonyl (C=O) groups is 1. The van der Waals surface area contributed by atoms with Gasteiger partial charge < -0.3 is 15.2 Å². The van der Waals surface area contributed by atoms with Crippen LogP contribution in [0.4, 0.5) is 4.39 Å². The molecule has 5 rings (SSSR count). The van der Waals surface area contributed by atoms with Crippen LogP contribution in [-0.4, -0.2) is 42.6 Å². The highest BCUT2D eigenvalue weighted by molar-refractivity contribution is 6.07. The summed E-state index contributed by atoms with van der Waals surface area (Å²) in [5, 5.41) is 9.25. The van der Waals surface area contributed by atoms with Crippen molar-refractivity contribution in [2.75, 3.05) is 13.7 Å². The van der Waals surface area contributed by atoms with Gasteiger partial charge in [0.05, 0.1) is 17.7 Å². The van der Waals surface area contributed by atoms with E-state index in [2.05, 4.69) is 0 Å². The van der Waals surface area contributed by atoms with E-state index in [0.717, 1.165) is 12.8 Å². The van der Waals surface area contributed by atoms with Crippen molar-refractivity contribution >= 4 is 11.9 Å². The lowest BCUT2D eigenvalue weighted by Gasteiger charge is -2.47. The molecule has 1 saturated carbocycles. The fourth-order valence-electron chi connectivity index (χ4n) is 5.45. The topological polar surface area (TPSA) is 101 Å². The van der Waals surface area contributed by atoms with Crippen LogP contribution in [0.25, 0.3) is 11.1 Å². The van der Waals surface area contributed by atoms with Gasteiger partial charge in [-0.2, -0.15) is 5.26 Å². The first-order valence-corrected chi connectivity index (χ1v) is 11.1. The Bertz CT molecular complexity index is 1210. The number of likely N-dealkylation sites (N-methyl/N-ethyl adjacent to an activating group) is 1. The Morgan fingerprint density at radius 2 is 2.12 bits per heavy atom. The Kier molecular flexibility index (Phi) is 5.09. The summed E-state index contributed by atoms with van der Waals surface area (Å²) in [6.07, 6.45) is 2.04. The smallest absolute Gasteiger partial charge is 0.262 e. The van der Waals surface area contributed by atoms with Gasteiger partial charge in [0, 0.05) is 25.1 Å². The summed E-state index contributed by atoms with van der Waals surface area (Å²) in [6, 6.07) is 11.6. The quantitative estimate of drug-likeness (QED) is 0.776. The van der Waals surface area contributed by atoms with Gasteiger partial charge in [-0.3, -0.25) is 9.69 Å². The second kappa shape index (κ2) is 7.85. The number of benzene rings is 2. The standard InChI is InChI=1S/C25H25FN4O3/c1-3-32-18-5-7-22-20(12-18)25(23(31)30(2)24(28)29-25)19-11-15(4-6-21(19)33-22)16-8-14(13-27)9-17(26)10-16/h4,6,8-11,18,20,22H,3,5,7,12H2,1-2H3,(H2,28,29)/t18-,20+,22+,25+/m1/s1. The van der Waals surface area contributed by atoms with Crippen LogP contribution in [0.2, 0.25) is 0 Å². The van der Waals surface area contributed by atoms with E-state index in [-0.39, 0.29) is 35.6 Å². The first-order valence-electron chi connectivity index (χ1n) is 11.1. The van der Waals surface area contributed by atoms with E-state index < -0.39 is 11.4 Å². The van der Waals surface area contributed by atoms with Crippen LogP contribution in [0, 0.1) is 23.1 Å². The Morgan fingerprint density at radius 3 is 2.82 bits per heavy atom. The van der Waals surface area contributed by atoms with Crippen molar-refractivity contribution in [2.24, 2.45) is 16.6 Å². The molecule has 2 aromatic carbocycles. The van der Waals surface area contributed by atoms with E-state index in [0.29, 0.717) is 35.5 Å². The molecule has 2 aliphatic heterocycles. The summed E-state index contributed by atoms with van der Waals surface area (Å²) in [6.45, 7) is 2.55. The molecule has 8 heteroatoms. The van der Waals surface area contributed by atoms with Crippen LogP contribution >= 0.6 is 0 Å². The van der Waals surface area contributed by atoms with Gasteiger partial charge >= 0.3 is 0 Å². The number of carbonyl (C=O) groups excluding carboxylic acids is 1. The maximum absolute atomic E-state index is 14.1. The number of rotatable bonds is 3. The number of halogens is 1. The van der Waals surface area contributed by atoms with Gasteiger partial charge in [0.15, 0.2) is 11.5 Å². The van der Waals surface area contributed by atoms with Crippen LogP contribution in [0.15, 0.2) is 41.4 Å². The summed E-state index contributed by atoms with van der Waals surface area (Å²) in [7, 11) is 1.62. The zero-order valence-electron chi connectivity index (χ0n) is 18.5. The van der Waals surface area contributed by atoms with E-state index >= 15 is 0 Å². The van der Waals surface area contributed by atoms with Gasteiger partial charge in [0.2, 0.25) is 0 Å². The minimum absolute atomic E-state index is 0.0120. The van der Waals surface area contributed by atoms with Gasteiger partial charge in [-0.05, 0) is 67.6 Å². The molecule has 2 N–H and O–H groups in total. The van der Waals surface area contributed by atoms with E-state index in [1.165, 1.54) is 17.0 Å². The number of nitriles is 1. The molecule has 2 aromatic rings. The molecule has 2 heterocycles. The van der Waals surface area contributed by atoms with Crippen molar-refractivity contribution in [3.8, 4) is 22.9 Å². The highest BCUT2D eigenvalue weighted by atomic mass is 19.1. The number of amides is 1. The molecule has 0 aromatic heterocycles. The highest BCUT2D eigenvalue weighted by Gasteiger charge is 2.61.